The van der Waals surface area contributed by atoms with Gasteiger partial charge in [0.15, 0.2) is 12.3 Å². The molecule has 21 heteroatoms. The molecular formula is C46H75N3O16P2. The van der Waals surface area contributed by atoms with Gasteiger partial charge < -0.3 is 45.1 Å². The minimum Gasteiger partial charge on any atom is -0.462 e. The Morgan fingerprint density at radius 3 is 2.18 bits per heavy atom. The van der Waals surface area contributed by atoms with E-state index in [4.69, 9.17) is 29.0 Å². The maximum absolute atomic E-state index is 12.8. The zero-order valence-corrected chi connectivity index (χ0v) is 41.0. The number of phosphoric acid groups is 2. The summed E-state index contributed by atoms with van der Waals surface area (Å²) in [6.45, 7) is 4.11. The molecule has 2 rings (SSSR count). The molecule has 2 heterocycles. The number of ether oxygens (including phenoxy) is 3. The Kier molecular flexibility index (Phi) is 30.1. The van der Waals surface area contributed by atoms with E-state index in [1.807, 2.05) is 36.5 Å². The number of carbonyl (C=O) groups excluding carboxylic acids is 2. The van der Waals surface area contributed by atoms with Gasteiger partial charge in [-0.2, -0.15) is 9.29 Å². The Morgan fingerprint density at radius 2 is 1.48 bits per heavy atom. The first kappa shape index (κ1) is 59.5. The summed E-state index contributed by atoms with van der Waals surface area (Å²) in [6.07, 6.45) is 25.3. The summed E-state index contributed by atoms with van der Waals surface area (Å²) in [5.74, 6) is -0.718. The molecule has 1 aliphatic heterocycles. The Hall–Kier alpha value is -3.58. The molecular weight excluding hydrogens is 912 g/mol. The molecule has 67 heavy (non-hydrogen) atoms. The zero-order chi connectivity index (χ0) is 49.5. The number of aliphatic hydroxyl groups is 3. The zero-order valence-electron chi connectivity index (χ0n) is 39.2. The van der Waals surface area contributed by atoms with Crippen LogP contribution in [0.2, 0.25) is 0 Å². The summed E-state index contributed by atoms with van der Waals surface area (Å²) in [7, 11) is -10.9. The lowest BCUT2D eigenvalue weighted by Crippen LogP contribution is -2.36. The molecule has 0 aliphatic carbocycles. The molecule has 380 valence electrons. The quantitative estimate of drug-likeness (QED) is 0.0124. The Labute approximate surface area is 395 Å². The first-order chi connectivity index (χ1) is 31.9. The lowest BCUT2D eigenvalue weighted by atomic mass is 10.0. The number of allylic oxidation sites excluding steroid dienone is 8. The first-order valence-electron chi connectivity index (χ1n) is 23.3. The molecule has 0 aromatic carbocycles. The van der Waals surface area contributed by atoms with E-state index in [2.05, 4.69) is 42.2 Å². The van der Waals surface area contributed by atoms with Gasteiger partial charge in [-0.15, -0.1) is 0 Å². The van der Waals surface area contributed by atoms with Crippen LogP contribution in [0.15, 0.2) is 77.8 Å². The average molecular weight is 988 g/mol. The molecule has 0 saturated carbocycles. The maximum atomic E-state index is 12.8. The molecule has 7 N–H and O–H groups in total. The van der Waals surface area contributed by atoms with Gasteiger partial charge in [-0.3, -0.25) is 23.2 Å². The number of carbonyl (C=O) groups is 2. The van der Waals surface area contributed by atoms with Crippen LogP contribution < -0.4 is 11.4 Å². The third-order valence-corrected chi connectivity index (χ3v) is 12.7. The number of hydrogen-bond acceptors (Lipinski definition) is 16. The van der Waals surface area contributed by atoms with E-state index >= 15 is 0 Å². The normalized spacial score (nSPS) is 20.7. The van der Waals surface area contributed by atoms with Gasteiger partial charge >= 0.3 is 33.3 Å². The Bertz CT molecular complexity index is 1890. The van der Waals surface area contributed by atoms with E-state index in [0.717, 1.165) is 55.7 Å². The number of nitrogens with two attached hydrogens (primary N) is 1. The molecule has 3 unspecified atom stereocenters. The number of hydrogen-bond donors (Lipinski definition) is 6. The van der Waals surface area contributed by atoms with Gasteiger partial charge in [0.25, 0.3) is 0 Å². The largest absolute Gasteiger partial charge is 0.481 e. The summed E-state index contributed by atoms with van der Waals surface area (Å²) in [5, 5.41) is 30.9. The summed E-state index contributed by atoms with van der Waals surface area (Å²) < 4.78 is 56.5. The number of nitrogens with zero attached hydrogens (tertiary/aromatic N) is 2. The van der Waals surface area contributed by atoms with Crippen molar-refractivity contribution in [1.82, 2.24) is 9.55 Å². The number of unbranched alkanes of at least 4 members (excludes halogenated alkanes) is 8. The van der Waals surface area contributed by atoms with Crippen LogP contribution in [0.5, 0.6) is 0 Å². The maximum Gasteiger partial charge on any atom is 0.481 e. The van der Waals surface area contributed by atoms with Crippen LogP contribution in [-0.4, -0.2) is 96.9 Å². The minimum atomic E-state index is -5.44. The molecule has 1 saturated heterocycles. The van der Waals surface area contributed by atoms with Gasteiger partial charge in [0.05, 0.1) is 19.3 Å². The highest BCUT2D eigenvalue weighted by Gasteiger charge is 2.46. The number of aromatic nitrogens is 2. The van der Waals surface area contributed by atoms with Crippen LogP contribution in [0.1, 0.15) is 136 Å². The van der Waals surface area contributed by atoms with Crippen LogP contribution in [0.4, 0.5) is 5.82 Å². The van der Waals surface area contributed by atoms with Gasteiger partial charge in [-0.1, -0.05) is 133 Å². The molecule has 0 bridgehead atoms. The number of rotatable bonds is 36. The van der Waals surface area contributed by atoms with E-state index in [1.165, 1.54) is 25.3 Å². The van der Waals surface area contributed by atoms with Crippen molar-refractivity contribution >= 4 is 33.4 Å². The third-order valence-electron chi connectivity index (χ3n) is 10.1. The predicted molar refractivity (Wildman–Crippen MR) is 253 cm³/mol. The summed E-state index contributed by atoms with van der Waals surface area (Å²) in [4.78, 5) is 61.7. The lowest BCUT2D eigenvalue weighted by molar-refractivity contribution is -0.161. The average Bonchev–Trinajstić information content (AvgIpc) is 3.54. The van der Waals surface area contributed by atoms with Crippen LogP contribution >= 0.6 is 15.6 Å². The number of esters is 2. The molecule has 19 nitrogen and oxygen atoms in total. The Morgan fingerprint density at radius 1 is 0.836 bits per heavy atom. The monoisotopic (exact) mass is 987 g/mol. The second-order valence-corrected chi connectivity index (χ2v) is 19.6. The van der Waals surface area contributed by atoms with E-state index in [9.17, 15) is 48.6 Å². The van der Waals surface area contributed by atoms with Crippen LogP contribution in [0, 0.1) is 5.92 Å². The second kappa shape index (κ2) is 33.8. The van der Waals surface area contributed by atoms with Crippen LogP contribution in [-0.2, 0) is 46.3 Å². The molecule has 1 aromatic heterocycles. The molecule has 8 atom stereocenters. The highest BCUT2D eigenvalue weighted by Crippen LogP contribution is 2.60. The van der Waals surface area contributed by atoms with Crippen molar-refractivity contribution in [3.63, 3.8) is 0 Å². The van der Waals surface area contributed by atoms with E-state index in [0.29, 0.717) is 38.0 Å². The smallest absolute Gasteiger partial charge is 0.462 e. The molecule has 1 fully saturated rings. The van der Waals surface area contributed by atoms with Crippen molar-refractivity contribution < 1.29 is 71.4 Å². The number of phosphoric ester groups is 2. The minimum absolute atomic E-state index is 0.0147. The van der Waals surface area contributed by atoms with Crippen molar-refractivity contribution in [2.75, 3.05) is 25.6 Å². The van der Waals surface area contributed by atoms with Crippen LogP contribution in [0.25, 0.3) is 0 Å². The van der Waals surface area contributed by atoms with Crippen LogP contribution in [0.3, 0.4) is 0 Å². The summed E-state index contributed by atoms with van der Waals surface area (Å²) in [6, 6.07) is 1.24. The van der Waals surface area contributed by atoms with Gasteiger partial charge in [0.1, 0.15) is 30.7 Å². The topological polar surface area (TPSA) is 286 Å². The summed E-state index contributed by atoms with van der Waals surface area (Å²) >= 11 is 0. The van der Waals surface area contributed by atoms with Crippen molar-refractivity contribution in [2.24, 2.45) is 5.92 Å². The van der Waals surface area contributed by atoms with Gasteiger partial charge in [0, 0.05) is 19.0 Å². The van der Waals surface area contributed by atoms with Gasteiger partial charge in [-0.25, -0.2) is 13.9 Å². The second-order valence-electron chi connectivity index (χ2n) is 16.6. The number of nitrogen functional groups attached to an aromatic ring is 1. The van der Waals surface area contributed by atoms with E-state index < -0.39 is 89.8 Å². The van der Waals surface area contributed by atoms with Crippen molar-refractivity contribution in [3.8, 4) is 0 Å². The van der Waals surface area contributed by atoms with Gasteiger partial charge in [0.2, 0.25) is 0 Å². The molecule has 0 radical (unpaired) electrons. The first-order valence-corrected chi connectivity index (χ1v) is 26.3. The van der Waals surface area contributed by atoms with Crippen molar-refractivity contribution in [3.05, 3.63) is 83.5 Å². The highest BCUT2D eigenvalue weighted by molar-refractivity contribution is 7.61. The SMILES string of the molecule is CC/C=C\C/C=C\CC(O)/C=C/C=C\C/C=C\CCCC(=O)OC[C@H](COP(=O)(O)OP(=O)(O)OC[C@H]1O[C@@H](n2ccc(N)nc2=O)[C@H](O)[C@@H]1O)OC(=O)CCCCCCCCCCC(C)C. The van der Waals surface area contributed by atoms with E-state index in [-0.39, 0.29) is 18.7 Å². The standard InChI is InChI=1S/C46H75N3O16P2/c1-4-5-6-7-17-22-27-37(50)28-23-18-13-9-11-14-19-24-29-41(51)60-33-38(63-42(52)30-25-20-15-10-8-12-16-21-26-36(2)3)34-61-66(56,57)65-67(58,59)62-35-39-43(53)44(54)45(64-39)49-32-31-40(47)48-46(49)55/h5-6,11,13-14,17-18,22-23,28,31-32,36-39,43-45,50,53-54H,4,7-10,12,15-16,19-21,24-27,29-30,33-35H2,1-3H3,(H,56,57)(H,58,59)(H2,47,48,55)/b6-5-,14-11-,18-13-,22-17-,28-23+/t37?,38-,39-,43-,44-,45-/m1/s1. The van der Waals surface area contributed by atoms with Gasteiger partial charge in [-0.05, 0) is 56.9 Å². The fraction of sp³-hybridized carbons (Fsp3) is 0.652. The lowest BCUT2D eigenvalue weighted by Gasteiger charge is -2.21. The molecule has 1 aromatic rings. The fourth-order valence-corrected chi connectivity index (χ4v) is 8.61. The predicted octanol–water partition coefficient (Wildman–Crippen LogP) is 7.60. The Balaban J connectivity index is 1.86. The highest BCUT2D eigenvalue weighted by atomic mass is 31.3. The number of anilines is 1. The molecule has 0 spiro atoms. The van der Waals surface area contributed by atoms with Crippen molar-refractivity contribution in [1.29, 1.82) is 0 Å². The number of aliphatic hydroxyl groups excluding tert-OH is 3. The fourth-order valence-electron chi connectivity index (χ4n) is 6.50. The van der Waals surface area contributed by atoms with E-state index in [1.54, 1.807) is 12.2 Å². The van der Waals surface area contributed by atoms with Crippen molar-refractivity contribution in [2.45, 2.75) is 167 Å². The molecule has 1 aliphatic rings. The summed E-state index contributed by atoms with van der Waals surface area (Å²) in [5.41, 5.74) is 4.57. The molecule has 0 amide bonds. The third kappa shape index (κ3) is 27.9.